The number of hydrogen-bond donors (Lipinski definition) is 0. The SMILES string of the molecule is N#Cc1cccc(C(=O)Oc2ccc3c(-c4ccccc4)cc(=O)oc3c2)c1. The summed E-state index contributed by atoms with van der Waals surface area (Å²) in [6.07, 6.45) is 0. The van der Waals surface area contributed by atoms with Crippen LogP contribution in [-0.4, -0.2) is 5.97 Å². The summed E-state index contributed by atoms with van der Waals surface area (Å²) in [7, 11) is 0. The molecule has 134 valence electrons. The average Bonchev–Trinajstić information content (AvgIpc) is 2.73. The molecule has 0 bridgehead atoms. The van der Waals surface area contributed by atoms with Crippen LogP contribution in [0.25, 0.3) is 22.1 Å². The standard InChI is InChI=1S/C23H13NO4/c24-14-15-5-4-8-17(11-15)23(26)27-18-9-10-19-20(16-6-2-1-3-7-16)13-22(25)28-21(19)12-18/h1-13H. The highest BCUT2D eigenvalue weighted by molar-refractivity contribution is 5.95. The maximum Gasteiger partial charge on any atom is 0.343 e. The molecule has 1 aromatic heterocycles. The fourth-order valence-corrected chi connectivity index (χ4v) is 2.94. The number of rotatable bonds is 3. The maximum absolute atomic E-state index is 12.3. The van der Waals surface area contributed by atoms with Crippen molar-refractivity contribution in [3.8, 4) is 22.9 Å². The topological polar surface area (TPSA) is 80.3 Å². The molecule has 0 radical (unpaired) electrons. The summed E-state index contributed by atoms with van der Waals surface area (Å²) < 4.78 is 10.7. The molecule has 5 nitrogen and oxygen atoms in total. The van der Waals surface area contributed by atoms with Crippen LogP contribution in [0.4, 0.5) is 0 Å². The van der Waals surface area contributed by atoms with Gasteiger partial charge in [-0.2, -0.15) is 5.26 Å². The number of carbonyl (C=O) groups excluding carboxylic acids is 1. The Hall–Kier alpha value is -4.17. The maximum atomic E-state index is 12.3. The van der Waals surface area contributed by atoms with Crippen molar-refractivity contribution >= 4 is 16.9 Å². The second kappa shape index (κ2) is 7.22. The van der Waals surface area contributed by atoms with Gasteiger partial charge in [0.1, 0.15) is 11.3 Å². The van der Waals surface area contributed by atoms with Gasteiger partial charge in [0.25, 0.3) is 0 Å². The Balaban J connectivity index is 1.71. The molecule has 0 aliphatic rings. The first-order chi connectivity index (χ1) is 13.6. The summed E-state index contributed by atoms with van der Waals surface area (Å²) in [5.74, 6) is -0.355. The van der Waals surface area contributed by atoms with E-state index in [1.807, 2.05) is 36.4 Å². The molecule has 1 heterocycles. The first kappa shape index (κ1) is 17.3. The van der Waals surface area contributed by atoms with E-state index in [4.69, 9.17) is 14.4 Å². The van der Waals surface area contributed by atoms with Crippen molar-refractivity contribution in [3.05, 3.63) is 100 Å². The minimum atomic E-state index is -0.599. The van der Waals surface area contributed by atoms with Crippen molar-refractivity contribution in [1.82, 2.24) is 0 Å². The van der Waals surface area contributed by atoms with Gasteiger partial charge in [0.15, 0.2) is 0 Å². The lowest BCUT2D eigenvalue weighted by Crippen LogP contribution is -2.08. The van der Waals surface area contributed by atoms with Crippen LogP contribution >= 0.6 is 0 Å². The predicted molar refractivity (Wildman–Crippen MR) is 104 cm³/mol. The Morgan fingerprint density at radius 3 is 2.54 bits per heavy atom. The van der Waals surface area contributed by atoms with Crippen molar-refractivity contribution in [3.63, 3.8) is 0 Å². The molecule has 5 heteroatoms. The van der Waals surface area contributed by atoms with Gasteiger partial charge in [-0.1, -0.05) is 36.4 Å². The van der Waals surface area contributed by atoms with Crippen LogP contribution in [0.15, 0.2) is 88.1 Å². The van der Waals surface area contributed by atoms with Gasteiger partial charge >= 0.3 is 11.6 Å². The molecule has 0 saturated heterocycles. The summed E-state index contributed by atoms with van der Waals surface area (Å²) in [6, 6.07) is 24.0. The monoisotopic (exact) mass is 367 g/mol. The van der Waals surface area contributed by atoms with Crippen molar-refractivity contribution in [2.45, 2.75) is 0 Å². The third-order valence-corrected chi connectivity index (χ3v) is 4.24. The summed E-state index contributed by atoms with van der Waals surface area (Å²) in [5.41, 5.74) is 2.09. The lowest BCUT2D eigenvalue weighted by atomic mass is 10.0. The molecule has 28 heavy (non-hydrogen) atoms. The minimum Gasteiger partial charge on any atom is -0.423 e. The molecule has 0 fully saturated rings. The summed E-state index contributed by atoms with van der Waals surface area (Å²) in [5, 5.41) is 9.69. The lowest BCUT2D eigenvalue weighted by molar-refractivity contribution is 0.0735. The third-order valence-electron chi connectivity index (χ3n) is 4.24. The van der Waals surface area contributed by atoms with E-state index < -0.39 is 11.6 Å². The first-order valence-corrected chi connectivity index (χ1v) is 8.50. The second-order valence-corrected chi connectivity index (χ2v) is 6.09. The van der Waals surface area contributed by atoms with E-state index in [0.29, 0.717) is 11.1 Å². The zero-order valence-corrected chi connectivity index (χ0v) is 14.6. The first-order valence-electron chi connectivity index (χ1n) is 8.50. The number of benzene rings is 3. The van der Waals surface area contributed by atoms with Crippen LogP contribution in [0, 0.1) is 11.3 Å². The van der Waals surface area contributed by atoms with E-state index in [1.165, 1.54) is 18.2 Å². The highest BCUT2D eigenvalue weighted by Crippen LogP contribution is 2.29. The molecule has 0 N–H and O–H groups in total. The largest absolute Gasteiger partial charge is 0.423 e. The van der Waals surface area contributed by atoms with E-state index in [1.54, 1.807) is 30.3 Å². The number of hydrogen-bond acceptors (Lipinski definition) is 5. The normalized spacial score (nSPS) is 10.4. The minimum absolute atomic E-state index is 0.244. The highest BCUT2D eigenvalue weighted by atomic mass is 16.5. The van der Waals surface area contributed by atoms with E-state index in [0.717, 1.165) is 16.5 Å². The molecule has 0 amide bonds. The molecule has 0 aliphatic heterocycles. The fraction of sp³-hybridized carbons (Fsp3) is 0. The highest BCUT2D eigenvalue weighted by Gasteiger charge is 2.12. The van der Waals surface area contributed by atoms with Crippen molar-refractivity contribution < 1.29 is 13.9 Å². The average molecular weight is 367 g/mol. The van der Waals surface area contributed by atoms with Gasteiger partial charge < -0.3 is 9.15 Å². The summed E-state index contributed by atoms with van der Waals surface area (Å²) in [6.45, 7) is 0. The van der Waals surface area contributed by atoms with Crippen molar-refractivity contribution in [1.29, 1.82) is 5.26 Å². The van der Waals surface area contributed by atoms with E-state index in [-0.39, 0.29) is 11.3 Å². The van der Waals surface area contributed by atoms with Crippen LogP contribution in [0.2, 0.25) is 0 Å². The van der Waals surface area contributed by atoms with E-state index in [9.17, 15) is 9.59 Å². The van der Waals surface area contributed by atoms with Gasteiger partial charge in [0, 0.05) is 17.5 Å². The van der Waals surface area contributed by atoms with Crippen LogP contribution in [0.1, 0.15) is 15.9 Å². The molecular weight excluding hydrogens is 354 g/mol. The smallest absolute Gasteiger partial charge is 0.343 e. The predicted octanol–water partition coefficient (Wildman–Crippen LogP) is 4.55. The molecule has 0 unspecified atom stereocenters. The van der Waals surface area contributed by atoms with Crippen LogP contribution in [-0.2, 0) is 0 Å². The second-order valence-electron chi connectivity index (χ2n) is 6.09. The third kappa shape index (κ3) is 3.39. The molecule has 0 aliphatic carbocycles. The van der Waals surface area contributed by atoms with Gasteiger partial charge in [-0.05, 0) is 41.5 Å². The Bertz CT molecular complexity index is 1280. The summed E-state index contributed by atoms with van der Waals surface area (Å²) in [4.78, 5) is 24.3. The van der Waals surface area contributed by atoms with Gasteiger partial charge in [-0.3, -0.25) is 0 Å². The molecule has 0 saturated carbocycles. The zero-order valence-electron chi connectivity index (χ0n) is 14.6. The molecule has 0 spiro atoms. The zero-order chi connectivity index (χ0) is 19.5. The number of carbonyl (C=O) groups is 1. The molecule has 4 aromatic rings. The quantitative estimate of drug-likeness (QED) is 0.301. The number of ether oxygens (including phenoxy) is 1. The number of esters is 1. The number of nitrogens with zero attached hydrogens (tertiary/aromatic N) is 1. The van der Waals surface area contributed by atoms with Crippen molar-refractivity contribution in [2.24, 2.45) is 0 Å². The van der Waals surface area contributed by atoms with Gasteiger partial charge in [-0.25, -0.2) is 9.59 Å². The Kier molecular flexibility index (Phi) is 4.45. The lowest BCUT2D eigenvalue weighted by Gasteiger charge is -2.08. The molecule has 4 rings (SSSR count). The van der Waals surface area contributed by atoms with Gasteiger partial charge in [0.2, 0.25) is 0 Å². The van der Waals surface area contributed by atoms with Crippen LogP contribution < -0.4 is 10.4 Å². The fourth-order valence-electron chi connectivity index (χ4n) is 2.94. The Labute approximate surface area is 160 Å². The Morgan fingerprint density at radius 1 is 0.929 bits per heavy atom. The van der Waals surface area contributed by atoms with Crippen LogP contribution in [0.3, 0.4) is 0 Å². The van der Waals surface area contributed by atoms with Crippen molar-refractivity contribution in [2.75, 3.05) is 0 Å². The molecule has 0 atom stereocenters. The van der Waals surface area contributed by atoms with E-state index in [2.05, 4.69) is 0 Å². The number of fused-ring (bicyclic) bond motifs is 1. The van der Waals surface area contributed by atoms with Gasteiger partial charge in [0.05, 0.1) is 17.2 Å². The van der Waals surface area contributed by atoms with Crippen LogP contribution in [0.5, 0.6) is 5.75 Å². The molecular formula is C23H13NO4. The van der Waals surface area contributed by atoms with Gasteiger partial charge in [-0.15, -0.1) is 0 Å². The summed E-state index contributed by atoms with van der Waals surface area (Å²) >= 11 is 0. The Morgan fingerprint density at radius 2 is 1.75 bits per heavy atom. The number of nitriles is 1. The molecule has 3 aromatic carbocycles. The van der Waals surface area contributed by atoms with E-state index >= 15 is 0 Å².